The molecule has 2 fully saturated rings. The number of aryl methyl sites for hydroxylation is 2. The summed E-state index contributed by atoms with van der Waals surface area (Å²) < 4.78 is 17.1. The Hall–Kier alpha value is -3.11. The third-order valence-electron chi connectivity index (χ3n) is 6.61. The van der Waals surface area contributed by atoms with Crippen LogP contribution in [-0.4, -0.2) is 89.5 Å². The van der Waals surface area contributed by atoms with E-state index in [4.69, 9.17) is 25.8 Å². The van der Waals surface area contributed by atoms with E-state index in [2.05, 4.69) is 16.3 Å². The Morgan fingerprint density at radius 1 is 0.971 bits per heavy atom. The van der Waals surface area contributed by atoms with E-state index in [0.29, 0.717) is 52.5 Å². The number of morpholine rings is 1. The molecule has 35 heavy (non-hydrogen) atoms. The molecule has 3 amide bonds. The highest BCUT2D eigenvalue weighted by molar-refractivity contribution is 6.29. The van der Waals surface area contributed by atoms with Gasteiger partial charge in [-0.15, -0.1) is 10.2 Å². The van der Waals surface area contributed by atoms with Gasteiger partial charge in [-0.2, -0.15) is 0 Å². The molecule has 2 aliphatic heterocycles. The third kappa shape index (κ3) is 5.13. The molecular formula is C24H28ClN5O5. The lowest BCUT2D eigenvalue weighted by atomic mass is 10.1. The van der Waals surface area contributed by atoms with Crippen LogP contribution in [0.25, 0.3) is 0 Å². The maximum Gasteiger partial charge on any atom is 0.415 e. The number of aromatic nitrogens is 2. The number of ether oxygens (including phenoxy) is 3. The number of hydrogen-bond donors (Lipinski definition) is 0. The number of amides is 3. The first-order valence-corrected chi connectivity index (χ1v) is 12.3. The molecule has 1 aromatic carbocycles. The minimum absolute atomic E-state index is 0.0205. The fourth-order valence-corrected chi connectivity index (χ4v) is 4.80. The number of rotatable bonds is 3. The molecule has 0 bridgehead atoms. The topological polar surface area (TPSA) is 97.3 Å². The van der Waals surface area contributed by atoms with Crippen molar-refractivity contribution in [3.05, 3.63) is 40.0 Å². The van der Waals surface area contributed by atoms with Gasteiger partial charge in [0.15, 0.2) is 10.9 Å². The zero-order valence-electron chi connectivity index (χ0n) is 19.7. The summed E-state index contributed by atoms with van der Waals surface area (Å²) in [6, 6.07) is 5.56. The largest absolute Gasteiger partial charge is 0.434 e. The molecule has 3 heterocycles. The Morgan fingerprint density at radius 2 is 1.69 bits per heavy atom. The van der Waals surface area contributed by atoms with Gasteiger partial charge >= 0.3 is 12.1 Å². The van der Waals surface area contributed by atoms with Gasteiger partial charge in [0.05, 0.1) is 13.2 Å². The molecule has 0 radical (unpaired) electrons. The average Bonchev–Trinajstić information content (AvgIpc) is 3.36. The van der Waals surface area contributed by atoms with E-state index in [1.807, 2.05) is 13.0 Å². The first-order valence-electron chi connectivity index (χ1n) is 11.9. The summed E-state index contributed by atoms with van der Waals surface area (Å²) in [5.41, 5.74) is 3.39. The summed E-state index contributed by atoms with van der Waals surface area (Å²) in [5.74, 6) is 0.924. The summed E-state index contributed by atoms with van der Waals surface area (Å²) in [5, 5.41) is 8.03. The molecule has 10 nitrogen and oxygen atoms in total. The Kier molecular flexibility index (Phi) is 6.92. The lowest BCUT2D eigenvalue weighted by Gasteiger charge is -2.38. The highest BCUT2D eigenvalue weighted by Crippen LogP contribution is 2.38. The molecule has 2 saturated heterocycles. The van der Waals surface area contributed by atoms with Crippen molar-refractivity contribution in [2.45, 2.75) is 26.2 Å². The van der Waals surface area contributed by atoms with Gasteiger partial charge in [-0.05, 0) is 42.9 Å². The zero-order chi connectivity index (χ0) is 24.4. The maximum absolute atomic E-state index is 12.9. The summed E-state index contributed by atoms with van der Waals surface area (Å²) in [7, 11) is 0. The molecule has 0 saturated carbocycles. The molecule has 0 spiro atoms. The Bertz CT molecular complexity index is 1120. The second kappa shape index (κ2) is 10.2. The first kappa shape index (κ1) is 23.6. The van der Waals surface area contributed by atoms with Gasteiger partial charge in [0, 0.05) is 45.3 Å². The van der Waals surface area contributed by atoms with E-state index in [1.165, 1.54) is 11.6 Å². The van der Waals surface area contributed by atoms with Crippen LogP contribution in [0.3, 0.4) is 0 Å². The minimum Gasteiger partial charge on any atom is -0.434 e. The zero-order valence-corrected chi connectivity index (χ0v) is 20.4. The fourth-order valence-electron chi connectivity index (χ4n) is 4.67. The number of fused-ring (bicyclic) bond motifs is 1. The van der Waals surface area contributed by atoms with Gasteiger partial charge in [-0.1, -0.05) is 23.7 Å². The van der Waals surface area contributed by atoms with E-state index in [9.17, 15) is 9.59 Å². The van der Waals surface area contributed by atoms with E-state index in [1.54, 1.807) is 14.7 Å². The molecule has 5 rings (SSSR count). The highest BCUT2D eigenvalue weighted by Gasteiger charge is 2.30. The van der Waals surface area contributed by atoms with Gasteiger partial charge < -0.3 is 28.9 Å². The van der Waals surface area contributed by atoms with Gasteiger partial charge in [-0.25, -0.2) is 9.59 Å². The number of benzene rings is 1. The number of nitrogens with zero attached hydrogens (tertiary/aromatic N) is 5. The quantitative estimate of drug-likeness (QED) is 0.636. The van der Waals surface area contributed by atoms with Gasteiger partial charge in [-0.3, -0.25) is 0 Å². The molecule has 186 valence electrons. The summed E-state index contributed by atoms with van der Waals surface area (Å²) in [4.78, 5) is 30.7. The number of carbonyl (C=O) groups is 2. The molecule has 0 unspecified atom stereocenters. The van der Waals surface area contributed by atoms with Crippen LogP contribution in [0.1, 0.15) is 23.1 Å². The third-order valence-corrected chi connectivity index (χ3v) is 6.80. The Labute approximate surface area is 208 Å². The molecule has 3 aliphatic rings. The van der Waals surface area contributed by atoms with E-state index in [0.717, 1.165) is 36.1 Å². The molecule has 11 heteroatoms. The second-order valence-electron chi connectivity index (χ2n) is 8.87. The minimum atomic E-state index is -0.549. The number of halogens is 1. The van der Waals surface area contributed by atoms with Crippen LogP contribution in [0.15, 0.2) is 18.2 Å². The molecule has 0 N–H and O–H groups in total. The Morgan fingerprint density at radius 3 is 2.46 bits per heavy atom. The van der Waals surface area contributed by atoms with E-state index < -0.39 is 6.09 Å². The van der Waals surface area contributed by atoms with Crippen LogP contribution in [0.4, 0.5) is 9.59 Å². The van der Waals surface area contributed by atoms with Crippen molar-refractivity contribution in [3.63, 3.8) is 0 Å². The predicted molar refractivity (Wildman–Crippen MR) is 127 cm³/mol. The predicted octanol–water partition coefficient (Wildman–Crippen LogP) is 3.29. The standard InChI is InChI=1S/C24H28ClN5O5/c1-16-5-6-17-3-2-4-18(17)21(16)35-22-19(15-20(25)26-27-22)34-24(32)30-9-7-28(8-10-30)23(31)29-11-13-33-14-12-29/h5-6,15H,2-4,7-14H2,1H3. The average molecular weight is 502 g/mol. The number of hydrogen-bond acceptors (Lipinski definition) is 7. The summed E-state index contributed by atoms with van der Waals surface area (Å²) in [6.45, 7) is 5.84. The van der Waals surface area contributed by atoms with Crippen LogP contribution in [0.2, 0.25) is 5.15 Å². The van der Waals surface area contributed by atoms with Gasteiger partial charge in [0.25, 0.3) is 5.88 Å². The van der Waals surface area contributed by atoms with Crippen molar-refractivity contribution >= 4 is 23.7 Å². The highest BCUT2D eigenvalue weighted by atomic mass is 35.5. The maximum atomic E-state index is 12.9. The van der Waals surface area contributed by atoms with Crippen molar-refractivity contribution in [2.75, 3.05) is 52.5 Å². The lowest BCUT2D eigenvalue weighted by Crippen LogP contribution is -2.56. The first-order chi connectivity index (χ1) is 17.0. The van der Waals surface area contributed by atoms with Crippen LogP contribution >= 0.6 is 11.6 Å². The van der Waals surface area contributed by atoms with Gasteiger partial charge in [0.2, 0.25) is 0 Å². The smallest absolute Gasteiger partial charge is 0.415 e. The number of urea groups is 1. The second-order valence-corrected chi connectivity index (χ2v) is 9.25. The monoisotopic (exact) mass is 501 g/mol. The normalized spacial score (nSPS) is 17.8. The number of piperazine rings is 1. The van der Waals surface area contributed by atoms with Crippen molar-refractivity contribution in [1.29, 1.82) is 0 Å². The summed E-state index contributed by atoms with van der Waals surface area (Å²) in [6.07, 6.45) is 2.46. The summed E-state index contributed by atoms with van der Waals surface area (Å²) >= 11 is 6.05. The van der Waals surface area contributed by atoms with Crippen molar-refractivity contribution in [2.24, 2.45) is 0 Å². The fraction of sp³-hybridized carbons (Fsp3) is 0.500. The van der Waals surface area contributed by atoms with Crippen LogP contribution in [0, 0.1) is 6.92 Å². The van der Waals surface area contributed by atoms with Crippen molar-refractivity contribution in [1.82, 2.24) is 24.9 Å². The SMILES string of the molecule is Cc1ccc2c(c1Oc1nnc(Cl)cc1OC(=O)N1CCN(C(=O)N3CCOCC3)CC1)CCC2. The van der Waals surface area contributed by atoms with Gasteiger partial charge in [0.1, 0.15) is 5.75 Å². The molecule has 2 aromatic rings. The number of carbonyl (C=O) groups excluding carboxylic acids is 2. The molecular weight excluding hydrogens is 474 g/mol. The van der Waals surface area contributed by atoms with Crippen molar-refractivity contribution < 1.29 is 23.8 Å². The van der Waals surface area contributed by atoms with Crippen LogP contribution in [-0.2, 0) is 17.6 Å². The molecule has 1 aliphatic carbocycles. The molecule has 0 atom stereocenters. The van der Waals surface area contributed by atoms with Crippen LogP contribution in [0.5, 0.6) is 17.4 Å². The lowest BCUT2D eigenvalue weighted by molar-refractivity contribution is 0.0381. The Balaban J connectivity index is 1.25. The van der Waals surface area contributed by atoms with E-state index in [-0.39, 0.29) is 22.8 Å². The molecule has 1 aromatic heterocycles. The van der Waals surface area contributed by atoms with Crippen LogP contribution < -0.4 is 9.47 Å². The van der Waals surface area contributed by atoms with Crippen molar-refractivity contribution in [3.8, 4) is 17.4 Å². The van der Waals surface area contributed by atoms with E-state index >= 15 is 0 Å².